The molecule has 4 heterocycles. The summed E-state index contributed by atoms with van der Waals surface area (Å²) in [7, 11) is 1.48. The second-order valence-electron chi connectivity index (χ2n) is 7.60. The maximum absolute atomic E-state index is 14.7. The molecule has 2 N–H and O–H groups in total. The Bertz CT molecular complexity index is 1170. The average molecular weight is 420 g/mol. The molecule has 0 bridgehead atoms. The third-order valence-corrected chi connectivity index (χ3v) is 5.69. The summed E-state index contributed by atoms with van der Waals surface area (Å²) >= 11 is 0. The molecule has 2 aromatic heterocycles. The van der Waals surface area contributed by atoms with Crippen molar-refractivity contribution in [2.24, 2.45) is 5.73 Å². The summed E-state index contributed by atoms with van der Waals surface area (Å²) in [5.74, 6) is 0.723. The quantitative estimate of drug-likeness (QED) is 0.692. The monoisotopic (exact) mass is 420 g/mol. The molecule has 158 valence electrons. The van der Waals surface area contributed by atoms with Crippen LogP contribution < -0.4 is 20.3 Å². The maximum atomic E-state index is 14.7. The van der Waals surface area contributed by atoms with Crippen LogP contribution in [0.4, 0.5) is 16.2 Å². The first kappa shape index (κ1) is 19.4. The number of aromatic nitrogens is 3. The number of nitrogens with zero attached hydrogens (tertiary/aromatic N) is 5. The number of carbonyl (C=O) groups is 1. The fraction of sp³-hybridized carbons (Fsp3) is 0.273. The molecule has 1 atom stereocenters. The minimum Gasteiger partial charge on any atom is -0.496 e. The third kappa shape index (κ3) is 3.27. The number of nitrogens with two attached hydrogens (primary N) is 1. The van der Waals surface area contributed by atoms with Crippen LogP contribution in [-0.2, 0) is 6.54 Å². The van der Waals surface area contributed by atoms with Crippen molar-refractivity contribution in [2.45, 2.75) is 19.0 Å². The highest BCUT2D eigenvalue weighted by molar-refractivity contribution is 6.10. The summed E-state index contributed by atoms with van der Waals surface area (Å²) in [6.45, 7) is 1.68. The molecule has 1 aromatic carbocycles. The summed E-state index contributed by atoms with van der Waals surface area (Å²) in [5.41, 5.74) is 7.74. The first-order valence-corrected chi connectivity index (χ1v) is 10.0. The fourth-order valence-electron chi connectivity index (χ4n) is 4.14. The largest absolute Gasteiger partial charge is 0.496 e. The Morgan fingerprint density at radius 1 is 1.19 bits per heavy atom. The SMILES string of the molecule is COc1cccc(F)c1-c1nccc2c1CN(c1ccnc(N3CCC(N)C3)n1)C2=O. The summed E-state index contributed by atoms with van der Waals surface area (Å²) in [4.78, 5) is 30.1. The van der Waals surface area contributed by atoms with E-state index in [9.17, 15) is 9.18 Å². The first-order chi connectivity index (χ1) is 15.1. The fourth-order valence-corrected chi connectivity index (χ4v) is 4.14. The van der Waals surface area contributed by atoms with Gasteiger partial charge in [0.15, 0.2) is 0 Å². The molecule has 8 nitrogen and oxygen atoms in total. The smallest absolute Gasteiger partial charge is 0.260 e. The predicted octanol–water partition coefficient (Wildman–Crippen LogP) is 2.38. The van der Waals surface area contributed by atoms with E-state index >= 15 is 0 Å². The Balaban J connectivity index is 1.53. The molecule has 2 aliphatic heterocycles. The van der Waals surface area contributed by atoms with Gasteiger partial charge in [0, 0.05) is 42.7 Å². The van der Waals surface area contributed by atoms with E-state index < -0.39 is 5.82 Å². The molecule has 2 aliphatic rings. The lowest BCUT2D eigenvalue weighted by Gasteiger charge is -2.19. The lowest BCUT2D eigenvalue weighted by Crippen LogP contribution is -2.29. The van der Waals surface area contributed by atoms with Crippen molar-refractivity contribution in [3.05, 3.63) is 59.7 Å². The van der Waals surface area contributed by atoms with E-state index in [4.69, 9.17) is 10.5 Å². The summed E-state index contributed by atoms with van der Waals surface area (Å²) in [5, 5.41) is 0. The third-order valence-electron chi connectivity index (χ3n) is 5.69. The van der Waals surface area contributed by atoms with Gasteiger partial charge in [-0.05, 0) is 30.7 Å². The Kier molecular flexibility index (Phi) is 4.74. The number of amides is 1. The molecular formula is C22H21FN6O2. The molecule has 1 saturated heterocycles. The minimum atomic E-state index is -0.458. The number of methoxy groups -OCH3 is 1. The number of anilines is 2. The predicted molar refractivity (Wildman–Crippen MR) is 114 cm³/mol. The van der Waals surface area contributed by atoms with Crippen molar-refractivity contribution in [1.82, 2.24) is 15.0 Å². The second kappa shape index (κ2) is 7.59. The highest BCUT2D eigenvalue weighted by atomic mass is 19.1. The number of hydrogen-bond acceptors (Lipinski definition) is 7. The van der Waals surface area contributed by atoms with Crippen LogP contribution >= 0.6 is 0 Å². The highest BCUT2D eigenvalue weighted by Gasteiger charge is 2.34. The number of hydrogen-bond donors (Lipinski definition) is 1. The molecule has 0 aliphatic carbocycles. The van der Waals surface area contributed by atoms with E-state index in [1.165, 1.54) is 19.4 Å². The number of fused-ring (bicyclic) bond motifs is 1. The molecule has 3 aromatic rings. The molecule has 31 heavy (non-hydrogen) atoms. The van der Waals surface area contributed by atoms with E-state index in [1.807, 2.05) is 4.90 Å². The summed E-state index contributed by atoms with van der Waals surface area (Å²) in [6, 6.07) is 8.03. The van der Waals surface area contributed by atoms with Crippen LogP contribution in [-0.4, -0.2) is 47.1 Å². The van der Waals surface area contributed by atoms with Gasteiger partial charge < -0.3 is 15.4 Å². The van der Waals surface area contributed by atoms with Gasteiger partial charge in [-0.3, -0.25) is 14.7 Å². The maximum Gasteiger partial charge on any atom is 0.260 e. The van der Waals surface area contributed by atoms with Crippen molar-refractivity contribution in [3.63, 3.8) is 0 Å². The number of rotatable bonds is 4. The molecular weight excluding hydrogens is 399 g/mol. The molecule has 0 saturated carbocycles. The lowest BCUT2D eigenvalue weighted by molar-refractivity contribution is 0.0996. The Morgan fingerprint density at radius 3 is 2.81 bits per heavy atom. The zero-order valence-electron chi connectivity index (χ0n) is 17.0. The van der Waals surface area contributed by atoms with Crippen LogP contribution in [0.2, 0.25) is 0 Å². The van der Waals surface area contributed by atoms with Crippen LogP contribution in [0.5, 0.6) is 5.75 Å². The Morgan fingerprint density at radius 2 is 2.03 bits per heavy atom. The molecule has 5 rings (SSSR count). The van der Waals surface area contributed by atoms with Crippen molar-refractivity contribution in [3.8, 4) is 17.0 Å². The Labute approximate surface area is 178 Å². The zero-order chi connectivity index (χ0) is 21.5. The molecule has 1 unspecified atom stereocenters. The zero-order valence-corrected chi connectivity index (χ0v) is 17.0. The van der Waals surface area contributed by atoms with E-state index in [0.29, 0.717) is 40.9 Å². The first-order valence-electron chi connectivity index (χ1n) is 10.0. The van der Waals surface area contributed by atoms with Crippen LogP contribution in [0.3, 0.4) is 0 Å². The van der Waals surface area contributed by atoms with Gasteiger partial charge in [0.2, 0.25) is 5.95 Å². The van der Waals surface area contributed by atoms with E-state index in [2.05, 4.69) is 15.0 Å². The van der Waals surface area contributed by atoms with Gasteiger partial charge in [-0.2, -0.15) is 4.98 Å². The lowest BCUT2D eigenvalue weighted by atomic mass is 10.0. The molecule has 9 heteroatoms. The minimum absolute atomic E-state index is 0.0920. The van der Waals surface area contributed by atoms with Crippen molar-refractivity contribution < 1.29 is 13.9 Å². The van der Waals surface area contributed by atoms with E-state index in [1.54, 1.807) is 35.4 Å². The normalized spacial score (nSPS) is 17.9. The van der Waals surface area contributed by atoms with E-state index in [0.717, 1.165) is 13.0 Å². The number of pyridine rings is 1. The standard InChI is InChI=1S/C22H21FN6O2/c1-31-17-4-2-3-16(23)19(17)20-15-12-29(21(30)14(15)5-8-25-20)18-6-9-26-22(27-18)28-10-7-13(24)11-28/h2-6,8-9,13H,7,10-12,24H2,1H3. The number of benzene rings is 1. The van der Waals surface area contributed by atoms with Gasteiger partial charge in [0.25, 0.3) is 5.91 Å². The summed E-state index contributed by atoms with van der Waals surface area (Å²) in [6.07, 6.45) is 4.02. The topological polar surface area (TPSA) is 97.5 Å². The van der Waals surface area contributed by atoms with Crippen LogP contribution in [0.25, 0.3) is 11.3 Å². The van der Waals surface area contributed by atoms with Gasteiger partial charge >= 0.3 is 0 Å². The number of ether oxygens (including phenoxy) is 1. The van der Waals surface area contributed by atoms with Crippen LogP contribution in [0, 0.1) is 5.82 Å². The molecule has 1 fully saturated rings. The molecule has 1 amide bonds. The van der Waals surface area contributed by atoms with Gasteiger partial charge in [0.05, 0.1) is 24.9 Å². The molecule has 0 radical (unpaired) electrons. The molecule has 0 spiro atoms. The van der Waals surface area contributed by atoms with Gasteiger partial charge in [-0.15, -0.1) is 0 Å². The van der Waals surface area contributed by atoms with Gasteiger partial charge in [-0.1, -0.05) is 6.07 Å². The second-order valence-corrected chi connectivity index (χ2v) is 7.60. The number of carbonyl (C=O) groups excluding carboxylic acids is 1. The summed E-state index contributed by atoms with van der Waals surface area (Å²) < 4.78 is 20.1. The highest BCUT2D eigenvalue weighted by Crippen LogP contribution is 2.38. The number of halogens is 1. The van der Waals surface area contributed by atoms with Crippen molar-refractivity contribution >= 4 is 17.7 Å². The van der Waals surface area contributed by atoms with Crippen LogP contribution in [0.1, 0.15) is 22.3 Å². The van der Waals surface area contributed by atoms with Crippen LogP contribution in [0.15, 0.2) is 42.7 Å². The Hall–Kier alpha value is -3.59. The van der Waals surface area contributed by atoms with Crippen molar-refractivity contribution in [2.75, 3.05) is 30.0 Å². The van der Waals surface area contributed by atoms with E-state index in [-0.39, 0.29) is 24.1 Å². The van der Waals surface area contributed by atoms with Crippen molar-refractivity contribution in [1.29, 1.82) is 0 Å². The van der Waals surface area contributed by atoms with Gasteiger partial charge in [-0.25, -0.2) is 9.37 Å². The van der Waals surface area contributed by atoms with Gasteiger partial charge in [0.1, 0.15) is 17.4 Å². The average Bonchev–Trinajstić information content (AvgIpc) is 3.37.